The van der Waals surface area contributed by atoms with Crippen LogP contribution in [0.25, 0.3) is 0 Å². The Bertz CT molecular complexity index is 831. The van der Waals surface area contributed by atoms with Gasteiger partial charge < -0.3 is 5.43 Å². The maximum atomic E-state index is 13.2. The minimum absolute atomic E-state index is 0.256. The van der Waals surface area contributed by atoms with Gasteiger partial charge in [0.2, 0.25) is 5.78 Å². The van der Waals surface area contributed by atoms with Gasteiger partial charge in [-0.1, -0.05) is 17.7 Å². The summed E-state index contributed by atoms with van der Waals surface area (Å²) in [6.07, 6.45) is -6.92. The van der Waals surface area contributed by atoms with Crippen LogP contribution in [0.15, 0.2) is 40.9 Å². The van der Waals surface area contributed by atoms with Gasteiger partial charge in [-0.05, 0) is 26.0 Å². The first-order valence-electron chi connectivity index (χ1n) is 6.92. The van der Waals surface area contributed by atoms with Gasteiger partial charge >= 0.3 is 18.0 Å². The third kappa shape index (κ3) is 4.97. The molecule has 0 aromatic heterocycles. The topological polar surface area (TPSA) is 75.3 Å². The number of hydrogen-bond acceptors (Lipinski definition) is 4. The highest BCUT2D eigenvalue weighted by Gasteiger charge is 2.75. The Morgan fingerprint density at radius 2 is 1.48 bits per heavy atom. The van der Waals surface area contributed by atoms with Crippen molar-refractivity contribution in [3.63, 3.8) is 0 Å². The van der Waals surface area contributed by atoms with Gasteiger partial charge in [-0.15, -0.1) is 4.83 Å². The zero-order valence-corrected chi connectivity index (χ0v) is 14.5. The Morgan fingerprint density at radius 1 is 1.00 bits per heavy atom. The Morgan fingerprint density at radius 3 is 1.93 bits per heavy atom. The van der Waals surface area contributed by atoms with Gasteiger partial charge in [0, 0.05) is 11.8 Å². The number of carbonyl (C=O) groups is 1. The summed E-state index contributed by atoms with van der Waals surface area (Å²) in [6, 6.07) is 5.28. The molecule has 0 heterocycles. The van der Waals surface area contributed by atoms with E-state index < -0.39 is 39.5 Å². The van der Waals surface area contributed by atoms with Crippen LogP contribution >= 0.6 is 0 Å². The van der Waals surface area contributed by atoms with Crippen molar-refractivity contribution in [1.29, 1.82) is 0 Å². The summed E-state index contributed by atoms with van der Waals surface area (Å²) < 4.78 is 112. The Labute approximate surface area is 149 Å². The molecule has 0 radical (unpaired) electrons. The second-order valence-electron chi connectivity index (χ2n) is 5.38. The average molecular weight is 422 g/mol. The Kier molecular flexibility index (Phi) is 6.33. The number of ketones is 1. The fraction of sp³-hybridized carbons (Fsp3) is 0.357. The summed E-state index contributed by atoms with van der Waals surface area (Å²) in [5.41, 5.74) is 1.76. The molecule has 5 nitrogen and oxygen atoms in total. The lowest BCUT2D eigenvalue weighted by Crippen LogP contribution is -2.55. The van der Waals surface area contributed by atoms with E-state index in [9.17, 15) is 43.9 Å². The van der Waals surface area contributed by atoms with Crippen molar-refractivity contribution < 1.29 is 43.9 Å². The predicted octanol–water partition coefficient (Wildman–Crippen LogP) is 3.08. The van der Waals surface area contributed by atoms with Crippen LogP contribution in [0.3, 0.4) is 0 Å². The lowest BCUT2D eigenvalue weighted by Gasteiger charge is -2.26. The quantitative estimate of drug-likeness (QED) is 0.402. The summed E-state index contributed by atoms with van der Waals surface area (Å²) in [5, 5.41) is 0. The van der Waals surface area contributed by atoms with E-state index in [1.165, 1.54) is 24.3 Å². The zero-order chi connectivity index (χ0) is 21.3. The monoisotopic (exact) mass is 422 g/mol. The predicted molar refractivity (Wildman–Crippen MR) is 79.3 cm³/mol. The molecule has 0 saturated carbocycles. The molecular formula is C14H13F7N2O3S. The van der Waals surface area contributed by atoms with Crippen LogP contribution in [-0.2, 0) is 14.8 Å². The van der Waals surface area contributed by atoms with Crippen LogP contribution in [0.5, 0.6) is 0 Å². The number of aryl methyl sites for hydroxylation is 1. The smallest absolute Gasteiger partial charge is 0.312 e. The highest BCUT2D eigenvalue weighted by atomic mass is 32.2. The van der Waals surface area contributed by atoms with Crippen molar-refractivity contribution in [3.05, 3.63) is 41.6 Å². The van der Waals surface area contributed by atoms with E-state index in [4.69, 9.17) is 0 Å². The number of rotatable bonds is 7. The van der Waals surface area contributed by atoms with E-state index in [2.05, 4.69) is 0 Å². The summed E-state index contributed by atoms with van der Waals surface area (Å²) in [4.78, 5) is 12.6. The maximum Gasteiger partial charge on any atom is 0.460 e. The van der Waals surface area contributed by atoms with Crippen molar-refractivity contribution in [2.45, 2.75) is 36.8 Å². The van der Waals surface area contributed by atoms with Gasteiger partial charge in [0.1, 0.15) is 0 Å². The largest absolute Gasteiger partial charge is 0.460 e. The third-order valence-corrected chi connectivity index (χ3v) is 4.38. The standard InChI is InChI=1S/C14H13F7N2O3S/c1-8-3-5-10(6-4-8)27(25,26)23-22-9(2)7-11(24)12(15,16)13(17,18)14(19,20)21/h3-7,22-23H,1-2H3/b9-7+. The zero-order valence-electron chi connectivity index (χ0n) is 13.7. The van der Waals surface area contributed by atoms with Crippen LogP contribution in [-0.4, -0.2) is 32.2 Å². The van der Waals surface area contributed by atoms with Gasteiger partial charge in [0.25, 0.3) is 10.0 Å². The van der Waals surface area contributed by atoms with Crippen LogP contribution in [0.2, 0.25) is 0 Å². The number of halogens is 7. The SMILES string of the molecule is C/C(=C\C(=O)C(F)(F)C(F)(F)C(F)(F)F)NNS(=O)(=O)c1ccc(C)cc1. The van der Waals surface area contributed by atoms with Crippen molar-refractivity contribution in [2.24, 2.45) is 0 Å². The van der Waals surface area contributed by atoms with Crippen LogP contribution in [0.4, 0.5) is 30.7 Å². The fourth-order valence-corrected chi connectivity index (χ4v) is 2.49. The van der Waals surface area contributed by atoms with Gasteiger partial charge in [-0.3, -0.25) is 4.79 Å². The van der Waals surface area contributed by atoms with E-state index in [0.29, 0.717) is 0 Å². The van der Waals surface area contributed by atoms with Crippen LogP contribution in [0.1, 0.15) is 12.5 Å². The molecule has 1 aromatic rings. The first-order valence-corrected chi connectivity index (χ1v) is 8.40. The molecule has 27 heavy (non-hydrogen) atoms. The van der Waals surface area contributed by atoms with Gasteiger partial charge in [-0.2, -0.15) is 30.7 Å². The number of sulfonamides is 1. The molecule has 0 fully saturated rings. The van der Waals surface area contributed by atoms with Crippen LogP contribution < -0.4 is 10.3 Å². The second kappa shape index (κ2) is 7.46. The molecule has 0 amide bonds. The summed E-state index contributed by atoms with van der Waals surface area (Å²) in [7, 11) is -4.22. The lowest BCUT2D eigenvalue weighted by molar-refractivity contribution is -0.342. The molecule has 0 bridgehead atoms. The highest BCUT2D eigenvalue weighted by Crippen LogP contribution is 2.47. The minimum Gasteiger partial charge on any atom is -0.312 e. The normalized spacial score (nSPS) is 14.2. The van der Waals surface area contributed by atoms with Gasteiger partial charge in [-0.25, -0.2) is 8.42 Å². The maximum absolute atomic E-state index is 13.2. The molecule has 13 heteroatoms. The molecule has 0 saturated heterocycles. The minimum atomic E-state index is -6.66. The lowest BCUT2D eigenvalue weighted by atomic mass is 10.1. The molecule has 152 valence electrons. The van der Waals surface area contributed by atoms with E-state index in [0.717, 1.165) is 12.5 Å². The first-order chi connectivity index (χ1) is 12.0. The number of hydrogen-bond donors (Lipinski definition) is 2. The number of hydrazine groups is 1. The van der Waals surface area contributed by atoms with Gasteiger partial charge in [0.05, 0.1) is 4.90 Å². The summed E-state index contributed by atoms with van der Waals surface area (Å²) in [5.74, 6) is -15.5. The molecule has 2 N–H and O–H groups in total. The van der Waals surface area contributed by atoms with E-state index in [1.54, 1.807) is 17.2 Å². The molecule has 0 aliphatic heterocycles. The summed E-state index contributed by atoms with van der Waals surface area (Å²) >= 11 is 0. The molecular weight excluding hydrogens is 409 g/mol. The molecule has 1 aromatic carbocycles. The van der Waals surface area contributed by atoms with Crippen molar-refractivity contribution in [2.75, 3.05) is 0 Å². The van der Waals surface area contributed by atoms with Crippen molar-refractivity contribution >= 4 is 15.8 Å². The molecule has 0 unspecified atom stereocenters. The van der Waals surface area contributed by atoms with Crippen molar-refractivity contribution in [1.82, 2.24) is 10.3 Å². The molecule has 0 aliphatic carbocycles. The average Bonchev–Trinajstić information content (AvgIpc) is 2.52. The molecule has 0 spiro atoms. The second-order valence-corrected chi connectivity index (χ2v) is 7.06. The van der Waals surface area contributed by atoms with Crippen molar-refractivity contribution in [3.8, 4) is 0 Å². The highest BCUT2D eigenvalue weighted by molar-refractivity contribution is 7.89. The Balaban J connectivity index is 2.93. The fourth-order valence-electron chi connectivity index (χ4n) is 1.58. The third-order valence-electron chi connectivity index (χ3n) is 3.12. The molecule has 0 atom stereocenters. The first kappa shape index (κ1) is 22.9. The van der Waals surface area contributed by atoms with Gasteiger partial charge in [0.15, 0.2) is 0 Å². The number of nitrogens with one attached hydrogen (secondary N) is 2. The number of allylic oxidation sites excluding steroid dienone is 2. The van der Waals surface area contributed by atoms with E-state index in [1.807, 2.05) is 0 Å². The molecule has 0 aliphatic rings. The number of benzene rings is 1. The van der Waals surface area contributed by atoms with E-state index >= 15 is 0 Å². The molecule has 1 rings (SSSR count). The Hall–Kier alpha value is -2.15. The summed E-state index contributed by atoms with van der Waals surface area (Å²) in [6.45, 7) is 2.48. The number of alkyl halides is 7. The number of carbonyl (C=O) groups excluding carboxylic acids is 1. The van der Waals surface area contributed by atoms with E-state index in [-0.39, 0.29) is 11.0 Å². The van der Waals surface area contributed by atoms with Crippen LogP contribution in [0, 0.1) is 6.92 Å².